The topological polar surface area (TPSA) is 155 Å². The molecule has 0 saturated carbocycles. The maximum Gasteiger partial charge on any atom is 0.326 e. The highest BCUT2D eigenvalue weighted by molar-refractivity contribution is 5.73. The van der Waals surface area contributed by atoms with Crippen LogP contribution in [0, 0.1) is 0 Å². The minimum Gasteiger partial charge on any atom is -0.480 e. The predicted molar refractivity (Wildman–Crippen MR) is 140 cm³/mol. The number of unbranched alkanes of at least 4 members (excludes halogenated alkanes) is 1. The van der Waals surface area contributed by atoms with E-state index in [4.69, 9.17) is 20.3 Å². The molecule has 12 nitrogen and oxygen atoms in total. The molecule has 0 amide bonds. The van der Waals surface area contributed by atoms with Crippen molar-refractivity contribution in [2.75, 3.05) is 6.54 Å². The molecule has 0 unspecified atom stereocenters. The second kappa shape index (κ2) is 13.5. The van der Waals surface area contributed by atoms with Gasteiger partial charge in [-0.2, -0.15) is 0 Å². The Morgan fingerprint density at radius 3 is 1.74 bits per heavy atom. The Bertz CT molecular complexity index is 995. The van der Waals surface area contributed by atoms with E-state index in [0.29, 0.717) is 50.5 Å². The van der Waals surface area contributed by atoms with Crippen LogP contribution in [0.25, 0.3) is 0 Å². The van der Waals surface area contributed by atoms with Crippen LogP contribution in [0.1, 0.15) is 72.5 Å². The maximum absolute atomic E-state index is 12.4. The number of hydrogen-bond acceptors (Lipinski definition) is 9. The van der Waals surface area contributed by atoms with E-state index in [2.05, 4.69) is 14.9 Å². The third-order valence-corrected chi connectivity index (χ3v) is 5.33. The van der Waals surface area contributed by atoms with Gasteiger partial charge in [-0.1, -0.05) is 6.42 Å². The number of carbonyl (C=O) groups is 3. The fourth-order valence-corrected chi connectivity index (χ4v) is 3.73. The molecule has 0 fully saturated rings. The van der Waals surface area contributed by atoms with Crippen molar-refractivity contribution in [1.29, 1.82) is 0 Å². The van der Waals surface area contributed by atoms with Crippen molar-refractivity contribution < 1.29 is 29.0 Å². The van der Waals surface area contributed by atoms with Crippen molar-refractivity contribution in [3.05, 3.63) is 36.4 Å². The molecule has 212 valence electrons. The molecule has 0 aromatic carbocycles. The lowest BCUT2D eigenvalue weighted by Gasteiger charge is -2.24. The lowest BCUT2D eigenvalue weighted by Crippen LogP contribution is -2.31. The standard InChI is InChI=1S/C26H42N6O6/c1-25(2,3)37-22(33)17-31-13-10-28-20(31)15-30(12-8-7-9-19(27)24(35)36)16-21-29-11-14-32(21)18-23(34)38-26(4,5)6/h10-11,13-14,19H,7-9,12,15-18,27H2,1-6H3,(H,35,36)/t19-/m0/s1. The molecule has 2 aromatic heterocycles. The highest BCUT2D eigenvalue weighted by Gasteiger charge is 2.21. The number of carboxylic acid groups (broad SMARTS) is 1. The SMILES string of the molecule is CC(C)(C)OC(=O)Cn1ccnc1CN(CCCC[C@H](N)C(=O)O)Cc1nccn1CC(=O)OC(C)(C)C. The Kier molecular flexibility index (Phi) is 11.0. The van der Waals surface area contributed by atoms with Crippen LogP contribution in [0.3, 0.4) is 0 Å². The number of aromatic nitrogens is 4. The molecule has 2 heterocycles. The summed E-state index contributed by atoms with van der Waals surface area (Å²) in [6.07, 6.45) is 8.41. The van der Waals surface area contributed by atoms with Gasteiger partial charge in [-0.15, -0.1) is 0 Å². The van der Waals surface area contributed by atoms with Gasteiger partial charge in [0.1, 0.15) is 42.0 Å². The summed E-state index contributed by atoms with van der Waals surface area (Å²) in [7, 11) is 0. The van der Waals surface area contributed by atoms with Gasteiger partial charge in [0.2, 0.25) is 0 Å². The average Bonchev–Trinajstić information content (AvgIpc) is 3.37. The van der Waals surface area contributed by atoms with Crippen LogP contribution < -0.4 is 5.73 Å². The van der Waals surface area contributed by atoms with Gasteiger partial charge in [0.05, 0.1) is 13.1 Å². The third kappa shape index (κ3) is 11.4. The summed E-state index contributed by atoms with van der Waals surface area (Å²) in [6.45, 7) is 12.4. The predicted octanol–water partition coefficient (Wildman–Crippen LogP) is 2.35. The number of rotatable bonds is 14. The summed E-state index contributed by atoms with van der Waals surface area (Å²) in [6, 6.07) is -0.899. The molecule has 2 aromatic rings. The fraction of sp³-hybridized carbons (Fsp3) is 0.654. The zero-order valence-corrected chi connectivity index (χ0v) is 23.3. The van der Waals surface area contributed by atoms with Crippen molar-refractivity contribution in [3.8, 4) is 0 Å². The number of carbonyl (C=O) groups excluding carboxylic acids is 2. The molecule has 0 aliphatic heterocycles. The molecule has 0 radical (unpaired) electrons. The van der Waals surface area contributed by atoms with E-state index >= 15 is 0 Å². The van der Waals surface area contributed by atoms with Crippen molar-refractivity contribution in [2.24, 2.45) is 5.73 Å². The fourth-order valence-electron chi connectivity index (χ4n) is 3.73. The third-order valence-electron chi connectivity index (χ3n) is 5.33. The second-order valence-electron chi connectivity index (χ2n) is 11.3. The summed E-state index contributed by atoms with van der Waals surface area (Å²) in [4.78, 5) is 46.8. The first-order valence-corrected chi connectivity index (χ1v) is 12.8. The number of nitrogens with two attached hydrogens (primary N) is 1. The zero-order valence-electron chi connectivity index (χ0n) is 23.3. The lowest BCUT2D eigenvalue weighted by molar-refractivity contribution is -0.156. The highest BCUT2D eigenvalue weighted by atomic mass is 16.6. The Balaban J connectivity index is 2.13. The largest absolute Gasteiger partial charge is 0.480 e. The van der Waals surface area contributed by atoms with Crippen LogP contribution in [0.5, 0.6) is 0 Å². The summed E-state index contributed by atoms with van der Waals surface area (Å²) < 4.78 is 14.4. The van der Waals surface area contributed by atoms with Crippen molar-refractivity contribution >= 4 is 17.9 Å². The van der Waals surface area contributed by atoms with Gasteiger partial charge in [-0.25, -0.2) is 9.97 Å². The summed E-state index contributed by atoms with van der Waals surface area (Å²) >= 11 is 0. The number of carboxylic acids is 1. The second-order valence-corrected chi connectivity index (χ2v) is 11.3. The minimum absolute atomic E-state index is 0.0289. The molecular formula is C26H42N6O6. The molecule has 0 aliphatic rings. The molecular weight excluding hydrogens is 492 g/mol. The van der Waals surface area contributed by atoms with E-state index in [1.165, 1.54) is 0 Å². The van der Waals surface area contributed by atoms with Crippen LogP contribution in [-0.2, 0) is 50.0 Å². The van der Waals surface area contributed by atoms with E-state index in [1.807, 2.05) is 41.5 Å². The maximum atomic E-state index is 12.4. The molecule has 0 spiro atoms. The number of nitrogens with zero attached hydrogens (tertiary/aromatic N) is 5. The number of esters is 2. The first kappa shape index (κ1) is 31.0. The highest BCUT2D eigenvalue weighted by Crippen LogP contribution is 2.14. The van der Waals surface area contributed by atoms with E-state index in [1.54, 1.807) is 33.9 Å². The number of hydrogen-bond donors (Lipinski definition) is 2. The zero-order chi connectivity index (χ0) is 28.5. The molecule has 2 rings (SSSR count). The Morgan fingerprint density at radius 2 is 1.34 bits per heavy atom. The van der Waals surface area contributed by atoms with Gasteiger partial charge < -0.3 is 29.4 Å². The average molecular weight is 535 g/mol. The van der Waals surface area contributed by atoms with Crippen LogP contribution >= 0.6 is 0 Å². The van der Waals surface area contributed by atoms with E-state index in [0.717, 1.165) is 0 Å². The minimum atomic E-state index is -1.02. The van der Waals surface area contributed by atoms with Gasteiger partial charge in [0, 0.05) is 24.8 Å². The summed E-state index contributed by atoms with van der Waals surface area (Å²) in [5.74, 6) is -0.403. The Labute approximate surface area is 224 Å². The van der Waals surface area contributed by atoms with Gasteiger partial charge in [0.25, 0.3) is 0 Å². The van der Waals surface area contributed by atoms with Crippen LogP contribution in [0.4, 0.5) is 0 Å². The smallest absolute Gasteiger partial charge is 0.326 e. The molecule has 38 heavy (non-hydrogen) atoms. The van der Waals surface area contributed by atoms with Crippen LogP contribution in [0.2, 0.25) is 0 Å². The van der Waals surface area contributed by atoms with Crippen molar-refractivity contribution in [2.45, 2.75) is 104 Å². The number of imidazole rings is 2. The van der Waals surface area contributed by atoms with Crippen molar-refractivity contribution in [1.82, 2.24) is 24.0 Å². The monoisotopic (exact) mass is 534 g/mol. The molecule has 1 atom stereocenters. The Hall–Kier alpha value is -3.25. The molecule has 3 N–H and O–H groups in total. The molecule has 0 saturated heterocycles. The number of ether oxygens (including phenoxy) is 2. The Morgan fingerprint density at radius 1 is 0.895 bits per heavy atom. The molecule has 0 aliphatic carbocycles. The first-order valence-electron chi connectivity index (χ1n) is 12.8. The van der Waals surface area contributed by atoms with Gasteiger partial charge in [0.15, 0.2) is 0 Å². The van der Waals surface area contributed by atoms with E-state index in [9.17, 15) is 14.4 Å². The van der Waals surface area contributed by atoms with Crippen LogP contribution in [-0.4, -0.2) is 70.8 Å². The van der Waals surface area contributed by atoms with Crippen LogP contribution in [0.15, 0.2) is 24.8 Å². The normalized spacial score (nSPS) is 12.9. The first-order chi connectivity index (χ1) is 17.6. The summed E-state index contributed by atoms with van der Waals surface area (Å²) in [5.41, 5.74) is 4.46. The summed E-state index contributed by atoms with van der Waals surface area (Å²) in [5, 5.41) is 9.05. The number of aliphatic carboxylic acids is 1. The quantitative estimate of drug-likeness (QED) is 0.272. The lowest BCUT2D eigenvalue weighted by atomic mass is 10.1. The van der Waals surface area contributed by atoms with Gasteiger partial charge in [-0.3, -0.25) is 19.3 Å². The van der Waals surface area contributed by atoms with E-state index in [-0.39, 0.29) is 25.0 Å². The van der Waals surface area contributed by atoms with E-state index < -0.39 is 23.2 Å². The molecule has 12 heteroatoms. The van der Waals surface area contributed by atoms with Gasteiger partial charge >= 0.3 is 17.9 Å². The van der Waals surface area contributed by atoms with Gasteiger partial charge in [-0.05, 0) is 60.9 Å². The van der Waals surface area contributed by atoms with Crippen molar-refractivity contribution in [3.63, 3.8) is 0 Å². The molecule has 0 bridgehead atoms.